The molecule has 7 heteroatoms. The van der Waals surface area contributed by atoms with Gasteiger partial charge in [0, 0.05) is 22.5 Å². The lowest BCUT2D eigenvalue weighted by Crippen LogP contribution is -1.93. The predicted molar refractivity (Wildman–Crippen MR) is 84.4 cm³/mol. The van der Waals surface area contributed by atoms with Crippen molar-refractivity contribution in [3.63, 3.8) is 0 Å². The van der Waals surface area contributed by atoms with Crippen molar-refractivity contribution >= 4 is 29.6 Å². The van der Waals surface area contributed by atoms with E-state index in [2.05, 4.69) is 10.2 Å². The van der Waals surface area contributed by atoms with Gasteiger partial charge < -0.3 is 8.98 Å². The van der Waals surface area contributed by atoms with Gasteiger partial charge in [0.2, 0.25) is 0 Å². The highest BCUT2D eigenvalue weighted by Gasteiger charge is 2.14. The topological polar surface area (TPSA) is 60.9 Å². The summed E-state index contributed by atoms with van der Waals surface area (Å²) in [7, 11) is 1.91. The summed E-state index contributed by atoms with van der Waals surface area (Å²) in [5.41, 5.74) is 0.811. The number of rotatable bonds is 4. The summed E-state index contributed by atoms with van der Waals surface area (Å²) in [5, 5.41) is 9.55. The lowest BCUT2D eigenvalue weighted by atomic mass is 10.2. The second-order valence-corrected chi connectivity index (χ2v) is 6.10. The number of carbonyl (C=O) groups is 1. The second-order valence-electron chi connectivity index (χ2n) is 4.65. The Balaban J connectivity index is 2.04. The summed E-state index contributed by atoms with van der Waals surface area (Å²) >= 11 is 7.56. The zero-order valence-electron chi connectivity index (χ0n) is 11.9. The van der Waals surface area contributed by atoms with E-state index in [4.69, 9.17) is 16.0 Å². The third-order valence-corrected chi connectivity index (χ3v) is 4.55. The summed E-state index contributed by atoms with van der Waals surface area (Å²) in [6, 6.07) is 8.89. The Morgan fingerprint density at radius 1 is 1.27 bits per heavy atom. The van der Waals surface area contributed by atoms with Crippen LogP contribution in [0.3, 0.4) is 0 Å². The molecule has 3 rings (SSSR count). The first-order chi connectivity index (χ1) is 10.6. The monoisotopic (exact) mass is 333 g/mol. The molecule has 0 unspecified atom stereocenters. The Kier molecular flexibility index (Phi) is 4.04. The predicted octanol–water partition coefficient (Wildman–Crippen LogP) is 4.00. The zero-order chi connectivity index (χ0) is 15.7. The molecule has 0 aliphatic rings. The number of halogens is 1. The van der Waals surface area contributed by atoms with E-state index >= 15 is 0 Å². The smallest absolute Gasteiger partial charge is 0.195 e. The lowest BCUT2D eigenvalue weighted by molar-refractivity contribution is 0.110. The Morgan fingerprint density at radius 2 is 2.09 bits per heavy atom. The highest BCUT2D eigenvalue weighted by atomic mass is 35.5. The van der Waals surface area contributed by atoms with E-state index in [1.807, 2.05) is 24.6 Å². The first kappa shape index (κ1) is 14.9. The van der Waals surface area contributed by atoms with Gasteiger partial charge in [0.25, 0.3) is 0 Å². The van der Waals surface area contributed by atoms with Crippen molar-refractivity contribution in [1.29, 1.82) is 0 Å². The summed E-state index contributed by atoms with van der Waals surface area (Å²) in [4.78, 5) is 11.7. The maximum absolute atomic E-state index is 10.8. The molecule has 0 saturated carbocycles. The van der Waals surface area contributed by atoms with Crippen LogP contribution in [0.25, 0.3) is 11.3 Å². The third-order valence-electron chi connectivity index (χ3n) is 3.20. The van der Waals surface area contributed by atoms with Gasteiger partial charge in [-0.2, -0.15) is 0 Å². The quantitative estimate of drug-likeness (QED) is 0.675. The van der Waals surface area contributed by atoms with E-state index < -0.39 is 0 Å². The fourth-order valence-electron chi connectivity index (χ4n) is 1.92. The third kappa shape index (κ3) is 2.80. The summed E-state index contributed by atoms with van der Waals surface area (Å²) < 4.78 is 7.41. The molecular weight excluding hydrogens is 322 g/mol. The van der Waals surface area contributed by atoms with Crippen LogP contribution in [0, 0.1) is 6.92 Å². The SMILES string of the molecule is Cc1nnc(Sc2ccc(Cl)cc2-c2ccc(C=O)o2)n1C. The molecule has 0 atom stereocenters. The average Bonchev–Trinajstić information content (AvgIpc) is 3.11. The minimum atomic E-state index is 0.278. The van der Waals surface area contributed by atoms with Crippen molar-refractivity contribution < 1.29 is 9.21 Å². The minimum absolute atomic E-state index is 0.278. The van der Waals surface area contributed by atoms with Gasteiger partial charge in [-0.05, 0) is 49.0 Å². The van der Waals surface area contributed by atoms with Crippen LogP contribution < -0.4 is 0 Å². The van der Waals surface area contributed by atoms with Crippen LogP contribution >= 0.6 is 23.4 Å². The maximum Gasteiger partial charge on any atom is 0.195 e. The van der Waals surface area contributed by atoms with E-state index in [1.165, 1.54) is 11.8 Å². The molecule has 0 N–H and O–H groups in total. The molecule has 0 radical (unpaired) electrons. The molecule has 3 aromatic rings. The Bertz CT molecular complexity index is 841. The van der Waals surface area contributed by atoms with E-state index in [1.54, 1.807) is 24.3 Å². The minimum Gasteiger partial charge on any atom is -0.453 e. The molecular formula is C15H12ClN3O2S. The van der Waals surface area contributed by atoms with Gasteiger partial charge in [-0.15, -0.1) is 10.2 Å². The van der Waals surface area contributed by atoms with Gasteiger partial charge in [0.05, 0.1) is 0 Å². The molecule has 0 fully saturated rings. The molecule has 0 aliphatic heterocycles. The molecule has 22 heavy (non-hydrogen) atoms. The molecule has 0 aliphatic carbocycles. The van der Waals surface area contributed by atoms with Gasteiger partial charge in [-0.3, -0.25) is 4.79 Å². The van der Waals surface area contributed by atoms with Crippen molar-refractivity contribution in [1.82, 2.24) is 14.8 Å². The molecule has 0 amide bonds. The standard InChI is InChI=1S/C15H12ClN3O2S/c1-9-17-18-15(19(9)2)22-14-6-3-10(16)7-12(14)13-5-4-11(8-20)21-13/h3-8H,1-2H3. The van der Waals surface area contributed by atoms with Gasteiger partial charge >= 0.3 is 0 Å². The molecule has 0 bridgehead atoms. The number of hydrogen-bond acceptors (Lipinski definition) is 5. The number of aldehydes is 1. The number of benzene rings is 1. The van der Waals surface area contributed by atoms with Gasteiger partial charge in [0.1, 0.15) is 11.6 Å². The number of furan rings is 1. The first-order valence-electron chi connectivity index (χ1n) is 6.47. The van der Waals surface area contributed by atoms with E-state index in [0.717, 1.165) is 21.4 Å². The fourth-order valence-corrected chi connectivity index (χ4v) is 3.04. The van der Waals surface area contributed by atoms with Crippen molar-refractivity contribution in [2.75, 3.05) is 0 Å². The maximum atomic E-state index is 10.8. The van der Waals surface area contributed by atoms with Crippen LogP contribution in [0.2, 0.25) is 5.02 Å². The van der Waals surface area contributed by atoms with Crippen molar-refractivity contribution in [2.24, 2.45) is 7.05 Å². The molecule has 0 saturated heterocycles. The van der Waals surface area contributed by atoms with Crippen molar-refractivity contribution in [3.8, 4) is 11.3 Å². The number of aryl methyl sites for hydroxylation is 1. The highest BCUT2D eigenvalue weighted by Crippen LogP contribution is 2.37. The van der Waals surface area contributed by atoms with Gasteiger partial charge in [-0.1, -0.05) is 11.6 Å². The molecule has 2 heterocycles. The molecule has 0 spiro atoms. The van der Waals surface area contributed by atoms with E-state index in [-0.39, 0.29) is 5.76 Å². The Hall–Kier alpha value is -2.05. The highest BCUT2D eigenvalue weighted by molar-refractivity contribution is 7.99. The molecule has 5 nitrogen and oxygen atoms in total. The second kappa shape index (κ2) is 5.98. The average molecular weight is 334 g/mol. The number of hydrogen-bond donors (Lipinski definition) is 0. The van der Waals surface area contributed by atoms with Gasteiger partial charge in [-0.25, -0.2) is 0 Å². The Labute approximate surface area is 136 Å². The normalized spacial score (nSPS) is 10.9. The first-order valence-corrected chi connectivity index (χ1v) is 7.66. The summed E-state index contributed by atoms with van der Waals surface area (Å²) in [5.74, 6) is 1.70. The van der Waals surface area contributed by atoms with E-state index in [0.29, 0.717) is 17.1 Å². The largest absolute Gasteiger partial charge is 0.453 e. The molecule has 1 aromatic carbocycles. The number of nitrogens with zero attached hydrogens (tertiary/aromatic N) is 3. The van der Waals surface area contributed by atoms with E-state index in [9.17, 15) is 4.79 Å². The summed E-state index contributed by atoms with van der Waals surface area (Å²) in [6.07, 6.45) is 0.674. The van der Waals surface area contributed by atoms with Crippen molar-refractivity contribution in [3.05, 3.63) is 46.9 Å². The van der Waals surface area contributed by atoms with Crippen LogP contribution in [0.5, 0.6) is 0 Å². The lowest BCUT2D eigenvalue weighted by Gasteiger charge is -2.07. The molecule has 2 aromatic heterocycles. The van der Waals surface area contributed by atoms with Crippen molar-refractivity contribution in [2.45, 2.75) is 17.0 Å². The van der Waals surface area contributed by atoms with Gasteiger partial charge in [0.15, 0.2) is 17.2 Å². The summed E-state index contributed by atoms with van der Waals surface area (Å²) in [6.45, 7) is 1.89. The van der Waals surface area contributed by atoms with Crippen LogP contribution in [0.4, 0.5) is 0 Å². The Morgan fingerprint density at radius 3 is 2.73 bits per heavy atom. The van der Waals surface area contributed by atoms with Crippen LogP contribution in [-0.4, -0.2) is 21.1 Å². The molecule has 112 valence electrons. The van der Waals surface area contributed by atoms with Crippen LogP contribution in [-0.2, 0) is 7.05 Å². The number of aromatic nitrogens is 3. The number of carbonyl (C=O) groups excluding carboxylic acids is 1. The fraction of sp³-hybridized carbons (Fsp3) is 0.133. The zero-order valence-corrected chi connectivity index (χ0v) is 13.5. The van der Waals surface area contributed by atoms with Crippen LogP contribution in [0.15, 0.2) is 44.8 Å². The van der Waals surface area contributed by atoms with Crippen LogP contribution in [0.1, 0.15) is 16.4 Å².